The number of anilines is 1. The van der Waals surface area contributed by atoms with Crippen LogP contribution < -0.4 is 9.64 Å². The van der Waals surface area contributed by atoms with Crippen molar-refractivity contribution < 1.29 is 19.4 Å². The quantitative estimate of drug-likeness (QED) is 0.892. The number of para-hydroxylation sites is 1. The largest absolute Gasteiger partial charge is 0.489 e. The number of benzene rings is 1. The third kappa shape index (κ3) is 2.91. The van der Waals surface area contributed by atoms with Gasteiger partial charge in [0, 0.05) is 13.0 Å². The molecule has 6 nitrogen and oxygen atoms in total. The molecule has 108 valence electrons. The van der Waals surface area contributed by atoms with Crippen molar-refractivity contribution in [2.45, 2.75) is 6.42 Å². The van der Waals surface area contributed by atoms with E-state index in [9.17, 15) is 9.59 Å². The summed E-state index contributed by atoms with van der Waals surface area (Å²) in [6.07, 6.45) is 0.393. The molecule has 2 rings (SSSR count). The van der Waals surface area contributed by atoms with Crippen molar-refractivity contribution in [3.05, 3.63) is 23.8 Å². The minimum absolute atomic E-state index is 0.0224. The number of nitrogens with zero attached hydrogens (tertiary/aromatic N) is 2. The van der Waals surface area contributed by atoms with Crippen LogP contribution in [0.15, 0.2) is 18.2 Å². The van der Waals surface area contributed by atoms with Gasteiger partial charge < -0.3 is 19.6 Å². The Kier molecular flexibility index (Phi) is 4.24. The third-order valence-corrected chi connectivity index (χ3v) is 3.15. The van der Waals surface area contributed by atoms with Crippen LogP contribution >= 0.6 is 0 Å². The Balaban J connectivity index is 2.26. The Bertz CT molecular complexity index is 528. The molecule has 0 unspecified atom stereocenters. The van der Waals surface area contributed by atoms with Crippen molar-refractivity contribution in [2.75, 3.05) is 38.7 Å². The lowest BCUT2D eigenvalue weighted by Crippen LogP contribution is -2.39. The molecule has 0 saturated carbocycles. The van der Waals surface area contributed by atoms with Gasteiger partial charge >= 0.3 is 5.97 Å². The fraction of sp³-hybridized carbons (Fsp3) is 0.429. The van der Waals surface area contributed by atoms with E-state index in [4.69, 9.17) is 9.84 Å². The Morgan fingerprint density at radius 2 is 2.15 bits per heavy atom. The number of carbonyl (C=O) groups is 2. The van der Waals surface area contributed by atoms with Crippen LogP contribution in [-0.2, 0) is 4.79 Å². The number of carboxylic acid groups (broad SMARTS) is 1. The molecule has 1 N–H and O–H groups in total. The lowest BCUT2D eigenvalue weighted by molar-refractivity contribution is -0.119. The molecule has 0 bridgehead atoms. The first-order valence-corrected chi connectivity index (χ1v) is 6.45. The molecular formula is C14H18N2O4. The SMILES string of the molecule is CN(C)CCC(=O)N1CCOc2c(C(=O)O)cccc21. The van der Waals surface area contributed by atoms with Gasteiger partial charge in [-0.3, -0.25) is 4.79 Å². The summed E-state index contributed by atoms with van der Waals surface area (Å²) in [5.41, 5.74) is 0.632. The van der Waals surface area contributed by atoms with Gasteiger partial charge in [0.25, 0.3) is 0 Å². The van der Waals surface area contributed by atoms with Gasteiger partial charge in [0.05, 0.1) is 12.2 Å². The van der Waals surface area contributed by atoms with E-state index in [1.54, 1.807) is 17.0 Å². The maximum Gasteiger partial charge on any atom is 0.339 e. The molecule has 1 aromatic rings. The van der Waals surface area contributed by atoms with Crippen molar-refractivity contribution >= 4 is 17.6 Å². The first kappa shape index (κ1) is 14.3. The number of ether oxygens (including phenoxy) is 1. The van der Waals surface area contributed by atoms with Gasteiger partial charge in [-0.15, -0.1) is 0 Å². The van der Waals surface area contributed by atoms with Crippen LogP contribution in [-0.4, -0.2) is 55.7 Å². The van der Waals surface area contributed by atoms with E-state index in [2.05, 4.69) is 0 Å². The predicted molar refractivity (Wildman–Crippen MR) is 74.4 cm³/mol. The second-order valence-electron chi connectivity index (χ2n) is 4.91. The van der Waals surface area contributed by atoms with Crippen LogP contribution in [0.4, 0.5) is 5.69 Å². The van der Waals surface area contributed by atoms with Crippen LogP contribution in [0.5, 0.6) is 5.75 Å². The van der Waals surface area contributed by atoms with E-state index in [-0.39, 0.29) is 17.2 Å². The Morgan fingerprint density at radius 1 is 1.40 bits per heavy atom. The normalized spacial score (nSPS) is 13.8. The number of hydrogen-bond acceptors (Lipinski definition) is 4. The van der Waals surface area contributed by atoms with Crippen LogP contribution in [0.1, 0.15) is 16.8 Å². The van der Waals surface area contributed by atoms with E-state index in [1.165, 1.54) is 6.07 Å². The first-order valence-electron chi connectivity index (χ1n) is 6.45. The molecule has 0 aromatic heterocycles. The molecule has 1 amide bonds. The molecule has 1 aliphatic heterocycles. The highest BCUT2D eigenvalue weighted by Crippen LogP contribution is 2.35. The average molecular weight is 278 g/mol. The average Bonchev–Trinajstić information content (AvgIpc) is 2.43. The Morgan fingerprint density at radius 3 is 2.80 bits per heavy atom. The monoisotopic (exact) mass is 278 g/mol. The Hall–Kier alpha value is -2.08. The fourth-order valence-electron chi connectivity index (χ4n) is 2.13. The summed E-state index contributed by atoms with van der Waals surface area (Å²) >= 11 is 0. The molecule has 1 aromatic carbocycles. The summed E-state index contributed by atoms with van der Waals surface area (Å²) in [4.78, 5) is 27.0. The van der Waals surface area contributed by atoms with Crippen molar-refractivity contribution in [3.8, 4) is 5.75 Å². The highest BCUT2D eigenvalue weighted by Gasteiger charge is 2.27. The summed E-state index contributed by atoms with van der Waals surface area (Å²) in [5, 5.41) is 9.15. The molecule has 0 atom stereocenters. The zero-order valence-corrected chi connectivity index (χ0v) is 11.6. The van der Waals surface area contributed by atoms with Gasteiger partial charge in [0.15, 0.2) is 5.75 Å². The standard InChI is InChI=1S/C14H18N2O4/c1-15(2)7-6-12(17)16-8-9-20-13-10(14(18)19)4-3-5-11(13)16/h3-5H,6-9H2,1-2H3,(H,18,19). The first-order chi connectivity index (χ1) is 9.50. The van der Waals surface area contributed by atoms with Crippen molar-refractivity contribution in [2.24, 2.45) is 0 Å². The summed E-state index contributed by atoms with van der Waals surface area (Å²) < 4.78 is 5.44. The molecule has 0 radical (unpaired) electrons. The molecule has 20 heavy (non-hydrogen) atoms. The van der Waals surface area contributed by atoms with Crippen molar-refractivity contribution in [3.63, 3.8) is 0 Å². The molecular weight excluding hydrogens is 260 g/mol. The van der Waals surface area contributed by atoms with Gasteiger partial charge in [0.1, 0.15) is 12.2 Å². The lowest BCUT2D eigenvalue weighted by Gasteiger charge is -2.30. The molecule has 0 saturated heterocycles. The number of carboxylic acids is 1. The van der Waals surface area contributed by atoms with Crippen LogP contribution in [0, 0.1) is 0 Å². The maximum absolute atomic E-state index is 12.2. The maximum atomic E-state index is 12.2. The van der Waals surface area contributed by atoms with Crippen LogP contribution in [0.25, 0.3) is 0 Å². The lowest BCUT2D eigenvalue weighted by atomic mass is 10.1. The number of aromatic carboxylic acids is 1. The summed E-state index contributed by atoms with van der Waals surface area (Å²) in [7, 11) is 3.81. The van der Waals surface area contributed by atoms with E-state index in [0.717, 1.165) is 0 Å². The molecule has 0 aliphatic carbocycles. The van der Waals surface area contributed by atoms with Gasteiger partial charge in [-0.2, -0.15) is 0 Å². The van der Waals surface area contributed by atoms with Gasteiger partial charge in [0.2, 0.25) is 5.91 Å². The molecule has 0 fully saturated rings. The van der Waals surface area contributed by atoms with E-state index >= 15 is 0 Å². The van der Waals surface area contributed by atoms with E-state index in [0.29, 0.717) is 31.8 Å². The number of hydrogen-bond donors (Lipinski definition) is 1. The van der Waals surface area contributed by atoms with Gasteiger partial charge in [-0.25, -0.2) is 4.79 Å². The van der Waals surface area contributed by atoms with Gasteiger partial charge in [-0.05, 0) is 26.2 Å². The minimum Gasteiger partial charge on any atom is -0.489 e. The number of fused-ring (bicyclic) bond motifs is 1. The zero-order valence-electron chi connectivity index (χ0n) is 11.6. The Labute approximate surface area is 117 Å². The molecule has 6 heteroatoms. The summed E-state index contributed by atoms with van der Waals surface area (Å²) in [5.74, 6) is -0.792. The summed E-state index contributed by atoms with van der Waals surface area (Å²) in [6.45, 7) is 1.41. The van der Waals surface area contributed by atoms with Crippen molar-refractivity contribution in [1.29, 1.82) is 0 Å². The second-order valence-corrected chi connectivity index (χ2v) is 4.91. The topological polar surface area (TPSA) is 70.1 Å². The highest BCUT2D eigenvalue weighted by molar-refractivity contribution is 6.00. The van der Waals surface area contributed by atoms with Crippen LogP contribution in [0.2, 0.25) is 0 Å². The van der Waals surface area contributed by atoms with Crippen molar-refractivity contribution in [1.82, 2.24) is 4.90 Å². The second kappa shape index (κ2) is 5.92. The number of rotatable bonds is 4. The molecule has 0 spiro atoms. The molecule has 1 aliphatic rings. The van der Waals surface area contributed by atoms with Gasteiger partial charge in [-0.1, -0.05) is 6.07 Å². The smallest absolute Gasteiger partial charge is 0.339 e. The third-order valence-electron chi connectivity index (χ3n) is 3.15. The zero-order chi connectivity index (χ0) is 14.7. The van der Waals surface area contributed by atoms with E-state index < -0.39 is 5.97 Å². The number of carbonyl (C=O) groups excluding carboxylic acids is 1. The fourth-order valence-corrected chi connectivity index (χ4v) is 2.13. The number of amides is 1. The van der Waals surface area contributed by atoms with Crippen LogP contribution in [0.3, 0.4) is 0 Å². The summed E-state index contributed by atoms with van der Waals surface area (Å²) in [6, 6.07) is 4.83. The molecule has 1 heterocycles. The highest BCUT2D eigenvalue weighted by atomic mass is 16.5. The predicted octanol–water partition coefficient (Wildman–Crippen LogP) is 1.06. The van der Waals surface area contributed by atoms with E-state index in [1.807, 2.05) is 19.0 Å². The minimum atomic E-state index is -1.05.